The maximum absolute atomic E-state index is 13.2. The van der Waals surface area contributed by atoms with Gasteiger partial charge in [-0.2, -0.15) is 0 Å². The first kappa shape index (κ1) is 12.7. The van der Waals surface area contributed by atoms with E-state index in [1.807, 2.05) is 18.7 Å². The summed E-state index contributed by atoms with van der Waals surface area (Å²) in [6, 6.07) is 4.27. The summed E-state index contributed by atoms with van der Waals surface area (Å²) in [6.45, 7) is 6.06. The van der Waals surface area contributed by atoms with E-state index in [9.17, 15) is 4.39 Å². The number of ether oxygens (including phenoxy) is 1. The number of hydrogen-bond donors (Lipinski definition) is 1. The van der Waals surface area contributed by atoms with Gasteiger partial charge in [-0.25, -0.2) is 9.38 Å². The van der Waals surface area contributed by atoms with Crippen LogP contribution in [-0.4, -0.2) is 30.6 Å². The molecule has 98 valence electrons. The number of nitrogens with two attached hydrogens (primary N) is 1. The topological polar surface area (TPSA) is 50.8 Å². The molecule has 1 aliphatic rings. The van der Waals surface area contributed by atoms with Gasteiger partial charge < -0.3 is 15.4 Å². The van der Waals surface area contributed by atoms with Crippen LogP contribution in [-0.2, 0) is 0 Å². The number of benzene rings is 1. The van der Waals surface area contributed by atoms with Gasteiger partial charge in [0.1, 0.15) is 24.2 Å². The molecule has 0 saturated heterocycles. The summed E-state index contributed by atoms with van der Waals surface area (Å²) in [5, 5.41) is 0. The SMILES string of the molecule is CCN(CC)C(N)=NC1COc2ccc(F)cc21. The van der Waals surface area contributed by atoms with Crippen LogP contribution < -0.4 is 10.5 Å². The lowest BCUT2D eigenvalue weighted by Crippen LogP contribution is -2.37. The number of hydrogen-bond acceptors (Lipinski definition) is 2. The van der Waals surface area contributed by atoms with Gasteiger partial charge in [0, 0.05) is 18.7 Å². The Morgan fingerprint density at radius 1 is 1.50 bits per heavy atom. The highest BCUT2D eigenvalue weighted by atomic mass is 19.1. The molecular formula is C13H18FN3O. The Morgan fingerprint density at radius 2 is 2.22 bits per heavy atom. The van der Waals surface area contributed by atoms with Crippen molar-refractivity contribution >= 4 is 5.96 Å². The quantitative estimate of drug-likeness (QED) is 0.659. The summed E-state index contributed by atoms with van der Waals surface area (Å²) in [5.41, 5.74) is 6.71. The van der Waals surface area contributed by atoms with Crippen LogP contribution in [0, 0.1) is 5.82 Å². The second kappa shape index (κ2) is 5.25. The van der Waals surface area contributed by atoms with Gasteiger partial charge in [0.25, 0.3) is 0 Å². The van der Waals surface area contributed by atoms with E-state index >= 15 is 0 Å². The Labute approximate surface area is 106 Å². The van der Waals surface area contributed by atoms with Crippen molar-refractivity contribution < 1.29 is 9.13 Å². The molecule has 1 unspecified atom stereocenters. The van der Waals surface area contributed by atoms with Crippen molar-refractivity contribution in [3.8, 4) is 5.75 Å². The molecule has 5 heteroatoms. The van der Waals surface area contributed by atoms with Gasteiger partial charge in [-0.3, -0.25) is 0 Å². The zero-order valence-electron chi connectivity index (χ0n) is 10.7. The summed E-state index contributed by atoms with van der Waals surface area (Å²) < 4.78 is 18.7. The van der Waals surface area contributed by atoms with E-state index in [2.05, 4.69) is 4.99 Å². The van der Waals surface area contributed by atoms with Crippen LogP contribution in [0.4, 0.5) is 4.39 Å². The van der Waals surface area contributed by atoms with Crippen LogP contribution >= 0.6 is 0 Å². The average Bonchev–Trinajstić information content (AvgIpc) is 2.73. The van der Waals surface area contributed by atoms with E-state index in [0.717, 1.165) is 18.7 Å². The maximum atomic E-state index is 13.2. The molecule has 2 rings (SSSR count). The van der Waals surface area contributed by atoms with Crippen molar-refractivity contribution in [1.82, 2.24) is 4.90 Å². The van der Waals surface area contributed by atoms with Crippen LogP contribution in [0.3, 0.4) is 0 Å². The molecule has 2 N–H and O–H groups in total. The Hall–Kier alpha value is -1.78. The predicted molar refractivity (Wildman–Crippen MR) is 69.2 cm³/mol. The number of fused-ring (bicyclic) bond motifs is 1. The molecule has 1 heterocycles. The third-order valence-electron chi connectivity index (χ3n) is 3.10. The van der Waals surface area contributed by atoms with Crippen molar-refractivity contribution in [2.24, 2.45) is 10.7 Å². The van der Waals surface area contributed by atoms with Gasteiger partial charge in [-0.15, -0.1) is 0 Å². The fourth-order valence-corrected chi connectivity index (χ4v) is 2.07. The zero-order chi connectivity index (χ0) is 13.1. The first-order valence-electron chi connectivity index (χ1n) is 6.16. The van der Waals surface area contributed by atoms with Crippen molar-refractivity contribution in [2.75, 3.05) is 19.7 Å². The van der Waals surface area contributed by atoms with E-state index in [-0.39, 0.29) is 11.9 Å². The highest BCUT2D eigenvalue weighted by Gasteiger charge is 2.24. The monoisotopic (exact) mass is 251 g/mol. The lowest BCUT2D eigenvalue weighted by Gasteiger charge is -2.20. The minimum atomic E-state index is -0.277. The molecule has 0 amide bonds. The molecule has 0 spiro atoms. The highest BCUT2D eigenvalue weighted by Crippen LogP contribution is 2.35. The summed E-state index contributed by atoms with van der Waals surface area (Å²) >= 11 is 0. The molecule has 1 atom stereocenters. The number of halogens is 1. The molecule has 0 aromatic heterocycles. The molecule has 0 bridgehead atoms. The largest absolute Gasteiger partial charge is 0.491 e. The minimum Gasteiger partial charge on any atom is -0.491 e. The highest BCUT2D eigenvalue weighted by molar-refractivity contribution is 5.78. The van der Waals surface area contributed by atoms with Crippen LogP contribution in [0.2, 0.25) is 0 Å². The number of rotatable bonds is 3. The first-order valence-corrected chi connectivity index (χ1v) is 6.16. The molecule has 1 aromatic rings. The van der Waals surface area contributed by atoms with Crippen LogP contribution in [0.15, 0.2) is 23.2 Å². The van der Waals surface area contributed by atoms with Gasteiger partial charge in [0.2, 0.25) is 0 Å². The fraction of sp³-hybridized carbons (Fsp3) is 0.462. The maximum Gasteiger partial charge on any atom is 0.191 e. The van der Waals surface area contributed by atoms with Crippen molar-refractivity contribution in [3.05, 3.63) is 29.6 Å². The summed E-state index contributed by atoms with van der Waals surface area (Å²) in [6.07, 6.45) is 0. The van der Waals surface area contributed by atoms with Crippen molar-refractivity contribution in [3.63, 3.8) is 0 Å². The molecule has 4 nitrogen and oxygen atoms in total. The summed E-state index contributed by atoms with van der Waals surface area (Å²) in [7, 11) is 0. The molecule has 0 saturated carbocycles. The second-order valence-electron chi connectivity index (χ2n) is 4.17. The van der Waals surface area contributed by atoms with Crippen molar-refractivity contribution in [2.45, 2.75) is 19.9 Å². The Balaban J connectivity index is 2.23. The van der Waals surface area contributed by atoms with Crippen LogP contribution in [0.1, 0.15) is 25.5 Å². The minimum absolute atomic E-state index is 0.212. The van der Waals surface area contributed by atoms with E-state index < -0.39 is 0 Å². The number of aliphatic imine (C=N–C) groups is 1. The zero-order valence-corrected chi connectivity index (χ0v) is 10.7. The number of guanidine groups is 1. The smallest absolute Gasteiger partial charge is 0.191 e. The summed E-state index contributed by atoms with van der Waals surface area (Å²) in [4.78, 5) is 6.38. The van der Waals surface area contributed by atoms with Gasteiger partial charge >= 0.3 is 0 Å². The summed E-state index contributed by atoms with van der Waals surface area (Å²) in [5.74, 6) is 0.893. The third-order valence-corrected chi connectivity index (χ3v) is 3.10. The normalized spacial score (nSPS) is 18.4. The molecule has 0 fully saturated rings. The van der Waals surface area contributed by atoms with E-state index in [1.165, 1.54) is 12.1 Å². The standard InChI is InChI=1S/C13H18FN3O/c1-3-17(4-2)13(15)16-11-8-18-12-6-5-9(14)7-10(11)12/h5-7,11H,3-4,8H2,1-2H3,(H2,15,16). The first-order chi connectivity index (χ1) is 8.65. The van der Waals surface area contributed by atoms with Gasteiger partial charge in [0.15, 0.2) is 5.96 Å². The molecule has 18 heavy (non-hydrogen) atoms. The Morgan fingerprint density at radius 3 is 2.89 bits per heavy atom. The van der Waals surface area contributed by atoms with E-state index in [4.69, 9.17) is 10.5 Å². The van der Waals surface area contributed by atoms with Gasteiger partial charge in [-0.05, 0) is 32.0 Å². The second-order valence-corrected chi connectivity index (χ2v) is 4.17. The Kier molecular flexibility index (Phi) is 3.69. The molecule has 1 aliphatic heterocycles. The lowest BCUT2D eigenvalue weighted by atomic mass is 10.1. The molecular weight excluding hydrogens is 233 g/mol. The van der Waals surface area contributed by atoms with E-state index in [1.54, 1.807) is 6.07 Å². The van der Waals surface area contributed by atoms with Gasteiger partial charge in [0.05, 0.1) is 0 Å². The van der Waals surface area contributed by atoms with E-state index in [0.29, 0.717) is 18.3 Å². The van der Waals surface area contributed by atoms with Gasteiger partial charge in [-0.1, -0.05) is 0 Å². The van der Waals surface area contributed by atoms with Crippen LogP contribution in [0.5, 0.6) is 5.75 Å². The molecule has 1 aromatic carbocycles. The number of nitrogens with zero attached hydrogens (tertiary/aromatic N) is 2. The molecule has 0 aliphatic carbocycles. The average molecular weight is 251 g/mol. The fourth-order valence-electron chi connectivity index (χ4n) is 2.07. The lowest BCUT2D eigenvalue weighted by molar-refractivity contribution is 0.332. The van der Waals surface area contributed by atoms with Crippen molar-refractivity contribution in [1.29, 1.82) is 0 Å². The predicted octanol–water partition coefficient (Wildman–Crippen LogP) is 1.92. The van der Waals surface area contributed by atoms with Crippen LogP contribution in [0.25, 0.3) is 0 Å². The molecule has 0 radical (unpaired) electrons. The third kappa shape index (κ3) is 2.39. The Bertz CT molecular complexity index is 458.